The third-order valence-electron chi connectivity index (χ3n) is 4.05. The highest BCUT2D eigenvalue weighted by molar-refractivity contribution is 6.00. The minimum absolute atomic E-state index is 0.0822. The number of aromatic nitrogens is 1. The molecule has 0 spiro atoms. The first-order valence-corrected chi connectivity index (χ1v) is 7.70. The lowest BCUT2D eigenvalue weighted by atomic mass is 10.0. The molecule has 2 N–H and O–H groups in total. The molecule has 2 aromatic rings. The van der Waals surface area contributed by atoms with Gasteiger partial charge in [0.1, 0.15) is 0 Å². The van der Waals surface area contributed by atoms with Crippen molar-refractivity contribution in [1.82, 2.24) is 10.3 Å². The average Bonchev–Trinajstić information content (AvgIpc) is 2.54. The van der Waals surface area contributed by atoms with Gasteiger partial charge in [0.15, 0.2) is 0 Å². The quantitative estimate of drug-likeness (QED) is 0.906. The molecule has 1 unspecified atom stereocenters. The Morgan fingerprint density at radius 1 is 1.29 bits per heavy atom. The first-order chi connectivity index (χ1) is 10.3. The van der Waals surface area contributed by atoms with Gasteiger partial charge in [-0.15, -0.1) is 0 Å². The van der Waals surface area contributed by atoms with Crippen molar-refractivity contribution in [3.8, 4) is 0 Å². The number of nitrogens with one attached hydrogen (secondary N) is 2. The van der Waals surface area contributed by atoms with Gasteiger partial charge >= 0.3 is 0 Å². The Hall–Kier alpha value is -1.94. The van der Waals surface area contributed by atoms with Crippen LogP contribution in [-0.2, 0) is 4.79 Å². The number of pyridine rings is 1. The van der Waals surface area contributed by atoms with Gasteiger partial charge in [-0.3, -0.25) is 9.78 Å². The Labute approximate surface area is 125 Å². The van der Waals surface area contributed by atoms with E-state index in [4.69, 9.17) is 0 Å². The third kappa shape index (κ3) is 3.58. The number of piperidine rings is 1. The summed E-state index contributed by atoms with van der Waals surface area (Å²) in [5.74, 6) is 0.0822. The molecule has 3 rings (SSSR count). The van der Waals surface area contributed by atoms with Crippen LogP contribution in [0.1, 0.15) is 32.1 Å². The fourth-order valence-corrected chi connectivity index (χ4v) is 2.90. The van der Waals surface area contributed by atoms with E-state index in [0.29, 0.717) is 12.5 Å². The van der Waals surface area contributed by atoms with Gasteiger partial charge in [0.2, 0.25) is 5.91 Å². The van der Waals surface area contributed by atoms with Gasteiger partial charge in [0.05, 0.1) is 11.2 Å². The summed E-state index contributed by atoms with van der Waals surface area (Å²) in [5, 5.41) is 7.49. The summed E-state index contributed by atoms with van der Waals surface area (Å²) in [5.41, 5.74) is 1.76. The van der Waals surface area contributed by atoms with Crippen LogP contribution in [0.5, 0.6) is 0 Å². The maximum absolute atomic E-state index is 12.1. The minimum atomic E-state index is 0.0822. The number of amides is 1. The lowest BCUT2D eigenvalue weighted by molar-refractivity contribution is -0.116. The van der Waals surface area contributed by atoms with Crippen molar-refractivity contribution in [2.45, 2.75) is 38.1 Å². The highest BCUT2D eigenvalue weighted by Crippen LogP contribution is 2.21. The molecule has 0 radical (unpaired) electrons. The smallest absolute Gasteiger partial charge is 0.224 e. The van der Waals surface area contributed by atoms with E-state index in [1.54, 1.807) is 6.20 Å². The molecule has 110 valence electrons. The van der Waals surface area contributed by atoms with Gasteiger partial charge in [-0.1, -0.05) is 12.5 Å². The molecule has 1 aromatic heterocycles. The predicted molar refractivity (Wildman–Crippen MR) is 85.2 cm³/mol. The molecule has 1 aromatic carbocycles. The second kappa shape index (κ2) is 6.68. The second-order valence-corrected chi connectivity index (χ2v) is 5.61. The SMILES string of the molecule is O=C(CCC1CCCCN1)Nc1cccc2ncccc12. The standard InChI is InChI=1S/C17H21N3O/c21-17(10-9-13-5-1-2-11-18-13)20-16-8-3-7-15-14(16)6-4-12-19-15/h3-4,6-8,12-13,18H,1-2,5,9-11H2,(H,20,21). The van der Waals surface area contributed by atoms with Crippen molar-refractivity contribution in [1.29, 1.82) is 0 Å². The van der Waals surface area contributed by atoms with Crippen molar-refractivity contribution < 1.29 is 4.79 Å². The van der Waals surface area contributed by atoms with Gasteiger partial charge in [-0.2, -0.15) is 0 Å². The van der Waals surface area contributed by atoms with Gasteiger partial charge in [-0.05, 0) is 50.1 Å². The van der Waals surface area contributed by atoms with E-state index in [1.807, 2.05) is 30.3 Å². The van der Waals surface area contributed by atoms with Crippen molar-refractivity contribution in [2.75, 3.05) is 11.9 Å². The first-order valence-electron chi connectivity index (χ1n) is 7.70. The average molecular weight is 283 g/mol. The predicted octanol–water partition coefficient (Wildman–Crippen LogP) is 3.10. The maximum Gasteiger partial charge on any atom is 0.224 e. The number of fused-ring (bicyclic) bond motifs is 1. The summed E-state index contributed by atoms with van der Waals surface area (Å²) < 4.78 is 0. The normalized spacial score (nSPS) is 18.6. The van der Waals surface area contributed by atoms with Crippen LogP contribution in [-0.4, -0.2) is 23.5 Å². The van der Waals surface area contributed by atoms with Crippen LogP contribution in [0.15, 0.2) is 36.5 Å². The first kappa shape index (κ1) is 14.0. The molecule has 1 aliphatic rings. The molecule has 1 saturated heterocycles. The van der Waals surface area contributed by atoms with Crippen LogP contribution in [0.25, 0.3) is 10.9 Å². The van der Waals surface area contributed by atoms with E-state index in [-0.39, 0.29) is 5.91 Å². The Balaban J connectivity index is 1.61. The van der Waals surface area contributed by atoms with E-state index >= 15 is 0 Å². The van der Waals surface area contributed by atoms with E-state index < -0.39 is 0 Å². The monoisotopic (exact) mass is 283 g/mol. The molecule has 1 fully saturated rings. The summed E-state index contributed by atoms with van der Waals surface area (Å²) in [7, 11) is 0. The molecule has 1 aliphatic heterocycles. The topological polar surface area (TPSA) is 54.0 Å². The van der Waals surface area contributed by atoms with Crippen LogP contribution in [0.3, 0.4) is 0 Å². The minimum Gasteiger partial charge on any atom is -0.325 e. The van der Waals surface area contributed by atoms with Crippen molar-refractivity contribution in [3.63, 3.8) is 0 Å². The summed E-state index contributed by atoms with van der Waals surface area (Å²) in [6, 6.07) is 10.2. The van der Waals surface area contributed by atoms with Gasteiger partial charge < -0.3 is 10.6 Å². The Kier molecular flexibility index (Phi) is 4.46. The van der Waals surface area contributed by atoms with Gasteiger partial charge in [0, 0.05) is 24.0 Å². The Morgan fingerprint density at radius 2 is 2.24 bits per heavy atom. The van der Waals surface area contributed by atoms with E-state index in [1.165, 1.54) is 19.3 Å². The van der Waals surface area contributed by atoms with Crippen molar-refractivity contribution in [3.05, 3.63) is 36.5 Å². The zero-order valence-corrected chi connectivity index (χ0v) is 12.1. The summed E-state index contributed by atoms with van der Waals surface area (Å²) in [6.07, 6.45) is 6.96. The zero-order chi connectivity index (χ0) is 14.5. The molecule has 21 heavy (non-hydrogen) atoms. The summed E-state index contributed by atoms with van der Waals surface area (Å²) >= 11 is 0. The molecule has 2 heterocycles. The van der Waals surface area contributed by atoms with E-state index in [9.17, 15) is 4.79 Å². The Morgan fingerprint density at radius 3 is 3.10 bits per heavy atom. The molecule has 0 saturated carbocycles. The Bertz CT molecular complexity index is 615. The second-order valence-electron chi connectivity index (χ2n) is 5.61. The van der Waals surface area contributed by atoms with Gasteiger partial charge in [-0.25, -0.2) is 0 Å². The molecule has 4 nitrogen and oxygen atoms in total. The fourth-order valence-electron chi connectivity index (χ4n) is 2.90. The number of carbonyl (C=O) groups is 1. The molecule has 1 amide bonds. The van der Waals surface area contributed by atoms with Crippen LogP contribution in [0, 0.1) is 0 Å². The summed E-state index contributed by atoms with van der Waals surface area (Å²) in [6.45, 7) is 1.08. The zero-order valence-electron chi connectivity index (χ0n) is 12.1. The molecule has 0 aliphatic carbocycles. The number of rotatable bonds is 4. The number of anilines is 1. The number of hydrogen-bond acceptors (Lipinski definition) is 3. The molecule has 1 atom stereocenters. The molecule has 4 heteroatoms. The number of benzene rings is 1. The highest BCUT2D eigenvalue weighted by atomic mass is 16.1. The van der Waals surface area contributed by atoms with Crippen LogP contribution in [0.4, 0.5) is 5.69 Å². The van der Waals surface area contributed by atoms with E-state index in [0.717, 1.165) is 29.6 Å². The number of hydrogen-bond donors (Lipinski definition) is 2. The molecular formula is C17H21N3O. The molecule has 0 bridgehead atoms. The lowest BCUT2D eigenvalue weighted by Gasteiger charge is -2.23. The van der Waals surface area contributed by atoms with E-state index in [2.05, 4.69) is 15.6 Å². The van der Waals surface area contributed by atoms with Crippen LogP contribution >= 0.6 is 0 Å². The maximum atomic E-state index is 12.1. The number of carbonyl (C=O) groups excluding carboxylic acids is 1. The highest BCUT2D eigenvalue weighted by Gasteiger charge is 2.14. The fraction of sp³-hybridized carbons (Fsp3) is 0.412. The largest absolute Gasteiger partial charge is 0.325 e. The van der Waals surface area contributed by atoms with Crippen molar-refractivity contribution >= 4 is 22.5 Å². The third-order valence-corrected chi connectivity index (χ3v) is 4.05. The molecular weight excluding hydrogens is 262 g/mol. The van der Waals surface area contributed by atoms with Gasteiger partial charge in [0.25, 0.3) is 0 Å². The summed E-state index contributed by atoms with van der Waals surface area (Å²) in [4.78, 5) is 16.4. The van der Waals surface area contributed by atoms with Crippen molar-refractivity contribution in [2.24, 2.45) is 0 Å². The van der Waals surface area contributed by atoms with Crippen LogP contribution in [0.2, 0.25) is 0 Å². The van der Waals surface area contributed by atoms with Crippen LogP contribution < -0.4 is 10.6 Å². The lowest BCUT2D eigenvalue weighted by Crippen LogP contribution is -2.34. The number of nitrogens with zero attached hydrogens (tertiary/aromatic N) is 1.